The van der Waals surface area contributed by atoms with Gasteiger partial charge in [0.1, 0.15) is 0 Å². The molecular weight excluding hydrogens is 204 g/mol. The van der Waals surface area contributed by atoms with Gasteiger partial charge >= 0.3 is 5.97 Å². The number of aromatic carboxylic acids is 1. The molecule has 0 heterocycles. The number of nitrogens with two attached hydrogens (primary N) is 2. The molecule has 0 fully saturated rings. The fraction of sp³-hybridized carbons (Fsp3) is 0.417. The maximum absolute atomic E-state index is 11.0. The van der Waals surface area contributed by atoms with Crippen molar-refractivity contribution in [3.05, 3.63) is 35.4 Å². The molecule has 0 spiro atoms. The standard InChI is InChI=1S/C12H18N2O2/c13-8-4-3-7-11(14)9-5-1-2-6-10(9)12(15)16/h1-2,5-6,11H,3-4,7-8,13-14H2,(H,15,16)/t11-/m1/s1. The van der Waals surface area contributed by atoms with E-state index < -0.39 is 5.97 Å². The third-order valence-corrected chi connectivity index (χ3v) is 2.56. The number of carboxylic acid groups (broad SMARTS) is 1. The van der Waals surface area contributed by atoms with Gasteiger partial charge in [0.15, 0.2) is 0 Å². The summed E-state index contributed by atoms with van der Waals surface area (Å²) in [5.41, 5.74) is 12.4. The lowest BCUT2D eigenvalue weighted by Gasteiger charge is -2.14. The quantitative estimate of drug-likeness (QED) is 0.636. The topological polar surface area (TPSA) is 89.3 Å². The zero-order valence-corrected chi connectivity index (χ0v) is 9.23. The Hall–Kier alpha value is -1.39. The fourth-order valence-corrected chi connectivity index (χ4v) is 1.68. The van der Waals surface area contributed by atoms with Crippen molar-refractivity contribution in [2.24, 2.45) is 11.5 Å². The van der Waals surface area contributed by atoms with E-state index in [4.69, 9.17) is 16.6 Å². The van der Waals surface area contributed by atoms with Crippen LogP contribution >= 0.6 is 0 Å². The molecule has 4 nitrogen and oxygen atoms in total. The summed E-state index contributed by atoms with van der Waals surface area (Å²) >= 11 is 0. The molecule has 0 aliphatic heterocycles. The third-order valence-electron chi connectivity index (χ3n) is 2.56. The lowest BCUT2D eigenvalue weighted by molar-refractivity contribution is 0.0695. The highest BCUT2D eigenvalue weighted by molar-refractivity contribution is 5.89. The number of benzene rings is 1. The van der Waals surface area contributed by atoms with Crippen molar-refractivity contribution in [3.8, 4) is 0 Å². The fourth-order valence-electron chi connectivity index (χ4n) is 1.68. The zero-order valence-electron chi connectivity index (χ0n) is 9.23. The van der Waals surface area contributed by atoms with Gasteiger partial charge in [-0.2, -0.15) is 0 Å². The highest BCUT2D eigenvalue weighted by atomic mass is 16.4. The first kappa shape index (κ1) is 12.7. The Morgan fingerprint density at radius 1 is 1.31 bits per heavy atom. The summed E-state index contributed by atoms with van der Waals surface area (Å²) < 4.78 is 0. The van der Waals surface area contributed by atoms with Gasteiger partial charge in [0, 0.05) is 6.04 Å². The first-order valence-corrected chi connectivity index (χ1v) is 5.44. The molecule has 0 saturated heterocycles. The van der Waals surface area contributed by atoms with E-state index in [1.54, 1.807) is 18.2 Å². The minimum Gasteiger partial charge on any atom is -0.478 e. The molecule has 1 aromatic rings. The van der Waals surface area contributed by atoms with Crippen LogP contribution in [0.5, 0.6) is 0 Å². The summed E-state index contributed by atoms with van der Waals surface area (Å²) in [6.07, 6.45) is 2.61. The van der Waals surface area contributed by atoms with E-state index in [9.17, 15) is 4.79 Å². The second kappa shape index (κ2) is 6.25. The van der Waals surface area contributed by atoms with Crippen molar-refractivity contribution < 1.29 is 9.90 Å². The molecule has 1 rings (SSSR count). The Balaban J connectivity index is 2.74. The van der Waals surface area contributed by atoms with Gasteiger partial charge in [-0.3, -0.25) is 0 Å². The van der Waals surface area contributed by atoms with Crippen molar-refractivity contribution >= 4 is 5.97 Å². The molecule has 1 aromatic carbocycles. The SMILES string of the molecule is NCCCC[C@@H](N)c1ccccc1C(=O)O. The summed E-state index contributed by atoms with van der Waals surface area (Å²) in [7, 11) is 0. The van der Waals surface area contributed by atoms with Crippen LogP contribution in [0, 0.1) is 0 Å². The van der Waals surface area contributed by atoms with Gasteiger partial charge in [0.05, 0.1) is 5.56 Å². The molecule has 0 unspecified atom stereocenters. The number of hydrogen-bond acceptors (Lipinski definition) is 3. The van der Waals surface area contributed by atoms with Crippen LogP contribution in [0.25, 0.3) is 0 Å². The normalized spacial score (nSPS) is 12.4. The van der Waals surface area contributed by atoms with Crippen LogP contribution in [0.1, 0.15) is 41.2 Å². The Labute approximate surface area is 95.3 Å². The number of unbranched alkanes of at least 4 members (excludes halogenated alkanes) is 1. The van der Waals surface area contributed by atoms with E-state index in [1.807, 2.05) is 6.07 Å². The van der Waals surface area contributed by atoms with Gasteiger partial charge in [-0.05, 0) is 31.0 Å². The van der Waals surface area contributed by atoms with Gasteiger partial charge in [-0.1, -0.05) is 24.6 Å². The average molecular weight is 222 g/mol. The molecule has 4 heteroatoms. The molecule has 0 aliphatic carbocycles. The zero-order chi connectivity index (χ0) is 12.0. The van der Waals surface area contributed by atoms with Gasteiger partial charge in [-0.25, -0.2) is 4.79 Å². The van der Waals surface area contributed by atoms with Gasteiger partial charge in [0.25, 0.3) is 0 Å². The summed E-state index contributed by atoms with van der Waals surface area (Å²) in [5, 5.41) is 9.01. The highest BCUT2D eigenvalue weighted by Gasteiger charge is 2.14. The Morgan fingerprint density at radius 2 is 2.00 bits per heavy atom. The van der Waals surface area contributed by atoms with Crippen molar-refractivity contribution in [3.63, 3.8) is 0 Å². The first-order chi connectivity index (χ1) is 7.66. The minimum atomic E-state index is -0.926. The number of carboxylic acids is 1. The molecule has 0 amide bonds. The summed E-state index contributed by atoms with van der Waals surface area (Å²) in [6, 6.07) is 6.65. The van der Waals surface area contributed by atoms with E-state index in [-0.39, 0.29) is 6.04 Å². The third kappa shape index (κ3) is 3.32. The van der Waals surface area contributed by atoms with E-state index in [1.165, 1.54) is 0 Å². The second-order valence-electron chi connectivity index (χ2n) is 3.78. The molecular formula is C12H18N2O2. The predicted molar refractivity (Wildman–Crippen MR) is 63.2 cm³/mol. The lowest BCUT2D eigenvalue weighted by atomic mass is 9.97. The van der Waals surface area contributed by atoms with Crippen molar-refractivity contribution in [2.45, 2.75) is 25.3 Å². The van der Waals surface area contributed by atoms with E-state index in [0.29, 0.717) is 17.7 Å². The number of carbonyl (C=O) groups is 1. The molecule has 5 N–H and O–H groups in total. The maximum Gasteiger partial charge on any atom is 0.336 e. The van der Waals surface area contributed by atoms with E-state index in [0.717, 1.165) is 19.3 Å². The number of rotatable bonds is 6. The summed E-state index contributed by atoms with van der Waals surface area (Å²) in [4.78, 5) is 11.0. The molecule has 0 saturated carbocycles. The molecule has 1 atom stereocenters. The second-order valence-corrected chi connectivity index (χ2v) is 3.78. The first-order valence-electron chi connectivity index (χ1n) is 5.44. The summed E-state index contributed by atoms with van der Waals surface area (Å²) in [6.45, 7) is 0.646. The van der Waals surface area contributed by atoms with Crippen molar-refractivity contribution in [1.82, 2.24) is 0 Å². The van der Waals surface area contributed by atoms with Crippen LogP contribution in [0.3, 0.4) is 0 Å². The predicted octanol–water partition coefficient (Wildman–Crippen LogP) is 1.51. The van der Waals surface area contributed by atoms with Crippen LogP contribution < -0.4 is 11.5 Å². The van der Waals surface area contributed by atoms with Crippen LogP contribution in [0.2, 0.25) is 0 Å². The average Bonchev–Trinajstić information content (AvgIpc) is 2.29. The Kier molecular flexibility index (Phi) is 4.95. The maximum atomic E-state index is 11.0. The lowest BCUT2D eigenvalue weighted by Crippen LogP contribution is -2.15. The van der Waals surface area contributed by atoms with Gasteiger partial charge < -0.3 is 16.6 Å². The Bertz CT molecular complexity index is 353. The van der Waals surface area contributed by atoms with Crippen LogP contribution in [-0.2, 0) is 0 Å². The molecule has 0 radical (unpaired) electrons. The largest absolute Gasteiger partial charge is 0.478 e. The van der Waals surface area contributed by atoms with Gasteiger partial charge in [0.2, 0.25) is 0 Å². The van der Waals surface area contributed by atoms with E-state index in [2.05, 4.69) is 0 Å². The smallest absolute Gasteiger partial charge is 0.336 e. The highest BCUT2D eigenvalue weighted by Crippen LogP contribution is 2.20. The van der Waals surface area contributed by atoms with Crippen molar-refractivity contribution in [1.29, 1.82) is 0 Å². The number of hydrogen-bond donors (Lipinski definition) is 3. The minimum absolute atomic E-state index is 0.223. The van der Waals surface area contributed by atoms with Crippen LogP contribution in [0.15, 0.2) is 24.3 Å². The van der Waals surface area contributed by atoms with Crippen molar-refractivity contribution in [2.75, 3.05) is 6.54 Å². The molecule has 0 bridgehead atoms. The molecule has 0 aliphatic rings. The molecule has 0 aromatic heterocycles. The monoisotopic (exact) mass is 222 g/mol. The van der Waals surface area contributed by atoms with Crippen LogP contribution in [-0.4, -0.2) is 17.6 Å². The van der Waals surface area contributed by atoms with E-state index >= 15 is 0 Å². The van der Waals surface area contributed by atoms with Crippen LogP contribution in [0.4, 0.5) is 0 Å². The summed E-state index contributed by atoms with van der Waals surface area (Å²) in [5.74, 6) is -0.926. The molecule has 16 heavy (non-hydrogen) atoms. The Morgan fingerprint density at radius 3 is 2.62 bits per heavy atom. The van der Waals surface area contributed by atoms with Gasteiger partial charge in [-0.15, -0.1) is 0 Å². The molecule has 88 valence electrons.